The second-order valence-electron chi connectivity index (χ2n) is 6.52. The Morgan fingerprint density at radius 2 is 1.96 bits per heavy atom. The molecule has 6 heteroatoms. The van der Waals surface area contributed by atoms with Crippen LogP contribution in [-0.2, 0) is 9.53 Å². The molecule has 1 saturated heterocycles. The van der Waals surface area contributed by atoms with E-state index in [0.29, 0.717) is 5.02 Å². The van der Waals surface area contributed by atoms with Crippen molar-refractivity contribution in [2.45, 2.75) is 45.9 Å². The van der Waals surface area contributed by atoms with Gasteiger partial charge >= 0.3 is 0 Å². The minimum atomic E-state index is -0.199. The molecule has 0 unspecified atom stereocenters. The molecule has 0 spiro atoms. The van der Waals surface area contributed by atoms with Crippen molar-refractivity contribution in [2.24, 2.45) is 5.92 Å². The summed E-state index contributed by atoms with van der Waals surface area (Å²) in [7, 11) is 0. The number of carbonyl (C=O) groups excluding carboxylic acids is 1. The Balaban J connectivity index is 2.01. The number of nitrogens with zero attached hydrogens (tertiary/aromatic N) is 1. The molecule has 1 fully saturated rings. The number of rotatable bonds is 5. The van der Waals surface area contributed by atoms with Gasteiger partial charge in [0.2, 0.25) is 0 Å². The van der Waals surface area contributed by atoms with Gasteiger partial charge < -0.3 is 4.74 Å². The lowest BCUT2D eigenvalue weighted by Gasteiger charge is -2.40. The summed E-state index contributed by atoms with van der Waals surface area (Å²) in [4.78, 5) is 14.9. The average molecular weight is 340 g/mol. The van der Waals surface area contributed by atoms with Gasteiger partial charge in [-0.2, -0.15) is 0 Å². The molecular weight excluding hydrogens is 314 g/mol. The van der Waals surface area contributed by atoms with Crippen LogP contribution in [-0.4, -0.2) is 42.1 Å². The van der Waals surface area contributed by atoms with Gasteiger partial charge in [-0.15, -0.1) is 0 Å². The zero-order valence-electron chi connectivity index (χ0n) is 14.2. The van der Waals surface area contributed by atoms with E-state index in [-0.39, 0.29) is 30.1 Å². The van der Waals surface area contributed by atoms with Gasteiger partial charge in [0, 0.05) is 18.1 Å². The third-order valence-corrected chi connectivity index (χ3v) is 4.13. The highest BCUT2D eigenvalue weighted by molar-refractivity contribution is 6.30. The maximum atomic E-state index is 12.7. The molecule has 1 aromatic rings. The number of benzene rings is 1. The fourth-order valence-electron chi connectivity index (χ4n) is 3.11. The summed E-state index contributed by atoms with van der Waals surface area (Å²) in [6, 6.07) is 7.06. The van der Waals surface area contributed by atoms with Crippen molar-refractivity contribution in [3.63, 3.8) is 0 Å². The molecule has 1 aliphatic rings. The summed E-state index contributed by atoms with van der Waals surface area (Å²) >= 11 is 5.95. The normalized spacial score (nSPS) is 23.6. The number of halogens is 1. The SMILES string of the molecule is CC(C)[C@H](C(=O)NNc1cccc(Cl)c1)N1C[C@@H](C)O[C@@H](C)C1. The van der Waals surface area contributed by atoms with E-state index in [1.807, 2.05) is 26.0 Å². The molecular formula is C17H26ClN3O2. The Hall–Kier alpha value is -1.30. The number of hydrogen-bond acceptors (Lipinski definition) is 4. The largest absolute Gasteiger partial charge is 0.373 e. The predicted molar refractivity (Wildman–Crippen MR) is 93.4 cm³/mol. The maximum absolute atomic E-state index is 12.7. The highest BCUT2D eigenvalue weighted by atomic mass is 35.5. The number of ether oxygens (including phenoxy) is 1. The Morgan fingerprint density at radius 3 is 2.52 bits per heavy atom. The molecule has 0 aliphatic carbocycles. The number of carbonyl (C=O) groups is 1. The molecule has 2 N–H and O–H groups in total. The number of nitrogens with one attached hydrogen (secondary N) is 2. The van der Waals surface area contributed by atoms with Crippen molar-refractivity contribution < 1.29 is 9.53 Å². The summed E-state index contributed by atoms with van der Waals surface area (Å²) in [5.74, 6) is 0.162. The first-order valence-electron chi connectivity index (χ1n) is 8.07. The highest BCUT2D eigenvalue weighted by Crippen LogP contribution is 2.19. The van der Waals surface area contributed by atoms with Crippen LogP contribution in [0.4, 0.5) is 5.69 Å². The number of morpholine rings is 1. The molecule has 0 aromatic heterocycles. The highest BCUT2D eigenvalue weighted by Gasteiger charge is 2.34. The van der Waals surface area contributed by atoms with E-state index in [9.17, 15) is 4.79 Å². The summed E-state index contributed by atoms with van der Waals surface area (Å²) in [5, 5.41) is 0.625. The summed E-state index contributed by atoms with van der Waals surface area (Å²) in [6.07, 6.45) is 0.266. The van der Waals surface area contributed by atoms with Gasteiger partial charge in [-0.1, -0.05) is 31.5 Å². The first-order chi connectivity index (χ1) is 10.9. The molecule has 3 atom stereocenters. The monoisotopic (exact) mass is 339 g/mol. The molecule has 1 amide bonds. The molecule has 0 saturated carbocycles. The minimum absolute atomic E-state index is 0.0405. The van der Waals surface area contributed by atoms with Gasteiger partial charge in [-0.25, -0.2) is 0 Å². The third-order valence-electron chi connectivity index (χ3n) is 3.90. The van der Waals surface area contributed by atoms with Crippen molar-refractivity contribution in [2.75, 3.05) is 18.5 Å². The van der Waals surface area contributed by atoms with Crippen molar-refractivity contribution >= 4 is 23.2 Å². The predicted octanol–water partition coefficient (Wildman–Crippen LogP) is 2.92. The van der Waals surface area contributed by atoms with E-state index in [1.165, 1.54) is 0 Å². The van der Waals surface area contributed by atoms with Crippen LogP contribution in [0.1, 0.15) is 27.7 Å². The Morgan fingerprint density at radius 1 is 1.30 bits per heavy atom. The second-order valence-corrected chi connectivity index (χ2v) is 6.96. The van der Waals surface area contributed by atoms with Crippen LogP contribution >= 0.6 is 11.6 Å². The van der Waals surface area contributed by atoms with Crippen LogP contribution in [0.25, 0.3) is 0 Å². The number of amides is 1. The van der Waals surface area contributed by atoms with Gasteiger partial charge in [0.05, 0.1) is 23.9 Å². The van der Waals surface area contributed by atoms with Crippen molar-refractivity contribution in [1.82, 2.24) is 10.3 Å². The van der Waals surface area contributed by atoms with Crippen molar-refractivity contribution in [3.05, 3.63) is 29.3 Å². The topological polar surface area (TPSA) is 53.6 Å². The Bertz CT molecular complexity index is 528. The van der Waals surface area contributed by atoms with Gasteiger partial charge in [-0.3, -0.25) is 20.5 Å². The average Bonchev–Trinajstić information content (AvgIpc) is 2.44. The van der Waals surface area contributed by atoms with Gasteiger partial charge in [0.25, 0.3) is 5.91 Å². The molecule has 1 heterocycles. The number of hydrazine groups is 1. The molecule has 1 aromatic carbocycles. The van der Waals surface area contributed by atoms with Gasteiger partial charge in [0.15, 0.2) is 0 Å². The van der Waals surface area contributed by atoms with Crippen LogP contribution in [0.3, 0.4) is 0 Å². The van der Waals surface area contributed by atoms with Crippen LogP contribution in [0.5, 0.6) is 0 Å². The quantitative estimate of drug-likeness (QED) is 0.810. The second kappa shape index (κ2) is 7.99. The van der Waals surface area contributed by atoms with E-state index in [2.05, 4.69) is 29.6 Å². The summed E-state index contributed by atoms with van der Waals surface area (Å²) in [6.45, 7) is 9.74. The molecule has 0 radical (unpaired) electrons. The van der Waals surface area contributed by atoms with Crippen LogP contribution < -0.4 is 10.9 Å². The van der Waals surface area contributed by atoms with E-state index in [1.54, 1.807) is 12.1 Å². The molecule has 128 valence electrons. The van der Waals surface area contributed by atoms with E-state index in [0.717, 1.165) is 18.8 Å². The van der Waals surface area contributed by atoms with Crippen molar-refractivity contribution in [1.29, 1.82) is 0 Å². The zero-order chi connectivity index (χ0) is 17.0. The Kier molecular flexibility index (Phi) is 6.27. The molecule has 1 aliphatic heterocycles. The fraction of sp³-hybridized carbons (Fsp3) is 0.588. The fourth-order valence-corrected chi connectivity index (χ4v) is 3.30. The van der Waals surface area contributed by atoms with Crippen LogP contribution in [0.15, 0.2) is 24.3 Å². The zero-order valence-corrected chi connectivity index (χ0v) is 14.9. The lowest BCUT2D eigenvalue weighted by molar-refractivity contribution is -0.134. The lowest BCUT2D eigenvalue weighted by Crippen LogP contribution is -2.57. The lowest BCUT2D eigenvalue weighted by atomic mass is 10.00. The van der Waals surface area contributed by atoms with Gasteiger partial charge in [0.1, 0.15) is 0 Å². The van der Waals surface area contributed by atoms with E-state index >= 15 is 0 Å². The van der Waals surface area contributed by atoms with Crippen LogP contribution in [0, 0.1) is 5.92 Å². The first-order valence-corrected chi connectivity index (χ1v) is 8.45. The maximum Gasteiger partial charge on any atom is 0.255 e. The van der Waals surface area contributed by atoms with E-state index in [4.69, 9.17) is 16.3 Å². The standard InChI is InChI=1S/C17H26ClN3O2/c1-11(2)16(21-9-12(3)23-13(4)10-21)17(22)20-19-15-7-5-6-14(18)8-15/h5-8,11-13,16,19H,9-10H2,1-4H3,(H,20,22)/t12-,13+,16-/m1/s1. The first kappa shape index (κ1) is 18.0. The van der Waals surface area contributed by atoms with Crippen molar-refractivity contribution in [3.8, 4) is 0 Å². The smallest absolute Gasteiger partial charge is 0.255 e. The minimum Gasteiger partial charge on any atom is -0.373 e. The van der Waals surface area contributed by atoms with E-state index < -0.39 is 0 Å². The molecule has 23 heavy (non-hydrogen) atoms. The summed E-state index contributed by atoms with van der Waals surface area (Å²) < 4.78 is 5.76. The Labute approximate surface area is 143 Å². The van der Waals surface area contributed by atoms with Crippen LogP contribution in [0.2, 0.25) is 5.02 Å². The third kappa shape index (κ3) is 5.09. The van der Waals surface area contributed by atoms with Gasteiger partial charge in [-0.05, 0) is 38.0 Å². The number of anilines is 1. The molecule has 0 bridgehead atoms. The number of hydrogen-bond donors (Lipinski definition) is 2. The summed E-state index contributed by atoms with van der Waals surface area (Å²) in [5.41, 5.74) is 6.51. The molecule has 2 rings (SSSR count). The molecule has 5 nitrogen and oxygen atoms in total.